The summed E-state index contributed by atoms with van der Waals surface area (Å²) < 4.78 is 2.09. The standard InChI is InChI=1S/C23H21ClN4OS/c1-13-8-9-21(25-12-13)28-14(2)10-17(16(28)4)11-20-22(29)27-23(30-20)26-19-7-5-6-18(24)15(19)3/h5-12H,1-4H3,(H,26,27,29)/b20-11+. The number of nitrogens with zero attached hydrogens (tertiary/aromatic N) is 3. The molecule has 1 N–H and O–H groups in total. The van der Waals surface area contributed by atoms with Crippen LogP contribution in [0.2, 0.25) is 5.02 Å². The Morgan fingerprint density at radius 3 is 2.70 bits per heavy atom. The van der Waals surface area contributed by atoms with Gasteiger partial charge in [0.2, 0.25) is 0 Å². The van der Waals surface area contributed by atoms with Gasteiger partial charge in [-0.2, -0.15) is 0 Å². The minimum Gasteiger partial charge on any atom is -0.303 e. The fourth-order valence-corrected chi connectivity index (χ4v) is 4.32. The number of aryl methyl sites for hydroxylation is 2. The number of hydrogen-bond acceptors (Lipinski definition) is 4. The minimum absolute atomic E-state index is 0.156. The Morgan fingerprint density at radius 1 is 1.17 bits per heavy atom. The molecule has 1 amide bonds. The highest BCUT2D eigenvalue weighted by atomic mass is 35.5. The molecule has 0 spiro atoms. The molecule has 4 rings (SSSR count). The van der Waals surface area contributed by atoms with Crippen LogP contribution in [0.5, 0.6) is 0 Å². The topological polar surface area (TPSA) is 59.3 Å². The first-order chi connectivity index (χ1) is 14.3. The van der Waals surface area contributed by atoms with Crippen molar-refractivity contribution in [3.8, 4) is 5.82 Å². The number of thioether (sulfide) groups is 1. The number of rotatable bonds is 3. The van der Waals surface area contributed by atoms with E-state index in [1.165, 1.54) is 11.8 Å². The first-order valence-corrected chi connectivity index (χ1v) is 10.7. The zero-order valence-corrected chi connectivity index (χ0v) is 18.7. The van der Waals surface area contributed by atoms with Gasteiger partial charge in [0.05, 0.1) is 10.6 Å². The maximum atomic E-state index is 12.5. The lowest BCUT2D eigenvalue weighted by molar-refractivity contribution is -0.115. The van der Waals surface area contributed by atoms with E-state index in [4.69, 9.17) is 11.6 Å². The Morgan fingerprint density at radius 2 is 1.97 bits per heavy atom. The van der Waals surface area contributed by atoms with Crippen molar-refractivity contribution in [2.24, 2.45) is 4.99 Å². The highest BCUT2D eigenvalue weighted by Gasteiger charge is 2.25. The lowest BCUT2D eigenvalue weighted by atomic mass is 10.2. The van der Waals surface area contributed by atoms with Gasteiger partial charge in [0.1, 0.15) is 5.82 Å². The van der Waals surface area contributed by atoms with Crippen molar-refractivity contribution >= 4 is 46.2 Å². The van der Waals surface area contributed by atoms with Crippen LogP contribution in [0.15, 0.2) is 52.5 Å². The number of carbonyl (C=O) groups excluding carboxylic acids is 1. The van der Waals surface area contributed by atoms with Crippen LogP contribution in [-0.4, -0.2) is 20.6 Å². The highest BCUT2D eigenvalue weighted by Crippen LogP contribution is 2.32. The molecule has 2 aromatic heterocycles. The molecule has 1 saturated heterocycles. The molecule has 3 aromatic rings. The summed E-state index contributed by atoms with van der Waals surface area (Å²) in [5.74, 6) is 0.708. The van der Waals surface area contributed by atoms with Crippen molar-refractivity contribution in [1.82, 2.24) is 14.9 Å². The van der Waals surface area contributed by atoms with Gasteiger partial charge < -0.3 is 9.88 Å². The minimum atomic E-state index is -0.156. The zero-order valence-electron chi connectivity index (χ0n) is 17.2. The van der Waals surface area contributed by atoms with Crippen LogP contribution in [0.1, 0.15) is 28.1 Å². The molecule has 3 heterocycles. The number of halogens is 1. The lowest BCUT2D eigenvalue weighted by Gasteiger charge is -2.08. The largest absolute Gasteiger partial charge is 0.303 e. The smallest absolute Gasteiger partial charge is 0.264 e. The van der Waals surface area contributed by atoms with Crippen LogP contribution in [0.3, 0.4) is 0 Å². The van der Waals surface area contributed by atoms with E-state index < -0.39 is 0 Å². The maximum absolute atomic E-state index is 12.5. The number of nitrogens with one attached hydrogen (secondary N) is 1. The van der Waals surface area contributed by atoms with Crippen LogP contribution < -0.4 is 5.32 Å². The van der Waals surface area contributed by atoms with Gasteiger partial charge in [-0.1, -0.05) is 23.7 Å². The second-order valence-corrected chi connectivity index (χ2v) is 8.66. The van der Waals surface area contributed by atoms with E-state index >= 15 is 0 Å². The molecule has 0 bridgehead atoms. The summed E-state index contributed by atoms with van der Waals surface area (Å²) in [6.07, 6.45) is 3.76. The molecular weight excluding hydrogens is 416 g/mol. The fourth-order valence-electron chi connectivity index (χ4n) is 3.33. The molecule has 1 aromatic carbocycles. The SMILES string of the molecule is Cc1ccc(-n2c(C)cc(/C=C3/SC(=Nc4cccc(Cl)c4C)NC3=O)c2C)nc1. The number of aromatic nitrogens is 2. The van der Waals surface area contributed by atoms with Crippen LogP contribution in [-0.2, 0) is 4.79 Å². The molecule has 30 heavy (non-hydrogen) atoms. The third-order valence-corrected chi connectivity index (χ3v) is 6.31. The molecule has 0 aliphatic carbocycles. The summed E-state index contributed by atoms with van der Waals surface area (Å²) in [6.45, 7) is 7.99. The predicted molar refractivity (Wildman–Crippen MR) is 125 cm³/mol. The molecule has 7 heteroatoms. The van der Waals surface area contributed by atoms with E-state index in [9.17, 15) is 4.79 Å². The normalized spacial score (nSPS) is 16.5. The number of pyridine rings is 1. The molecular formula is C23H21ClN4OS. The summed E-state index contributed by atoms with van der Waals surface area (Å²) in [5.41, 5.74) is 5.81. The number of aliphatic imine (C=N–C) groups is 1. The Bertz CT molecular complexity index is 1210. The van der Waals surface area contributed by atoms with Gasteiger partial charge >= 0.3 is 0 Å². The highest BCUT2D eigenvalue weighted by molar-refractivity contribution is 8.18. The molecule has 5 nitrogen and oxygen atoms in total. The Balaban J connectivity index is 1.65. The molecule has 1 aliphatic heterocycles. The van der Waals surface area contributed by atoms with Gasteiger partial charge in [-0.15, -0.1) is 0 Å². The van der Waals surface area contributed by atoms with Crippen molar-refractivity contribution in [3.05, 3.63) is 80.6 Å². The van der Waals surface area contributed by atoms with Gasteiger partial charge in [0.25, 0.3) is 5.91 Å². The van der Waals surface area contributed by atoms with Crippen LogP contribution in [0.4, 0.5) is 5.69 Å². The molecule has 0 atom stereocenters. The number of amides is 1. The lowest BCUT2D eigenvalue weighted by Crippen LogP contribution is -2.19. The van der Waals surface area contributed by atoms with E-state index in [2.05, 4.69) is 25.9 Å². The Labute approximate surface area is 184 Å². The number of benzene rings is 1. The van der Waals surface area contributed by atoms with E-state index in [-0.39, 0.29) is 5.91 Å². The Kier molecular flexibility index (Phi) is 5.54. The van der Waals surface area contributed by atoms with Crippen molar-refractivity contribution in [3.63, 3.8) is 0 Å². The first-order valence-electron chi connectivity index (χ1n) is 9.50. The van der Waals surface area contributed by atoms with Crippen LogP contribution >= 0.6 is 23.4 Å². The Hall–Kier alpha value is -2.83. The molecule has 1 aliphatic rings. The van der Waals surface area contributed by atoms with Crippen LogP contribution in [0.25, 0.3) is 11.9 Å². The summed E-state index contributed by atoms with van der Waals surface area (Å²) in [4.78, 5) is 22.2. The fraction of sp³-hybridized carbons (Fsp3) is 0.174. The zero-order chi connectivity index (χ0) is 21.4. The summed E-state index contributed by atoms with van der Waals surface area (Å²) in [5, 5.41) is 4.04. The van der Waals surface area contributed by atoms with Crippen molar-refractivity contribution in [1.29, 1.82) is 0 Å². The van der Waals surface area contributed by atoms with Crippen molar-refractivity contribution in [2.75, 3.05) is 0 Å². The molecule has 0 saturated carbocycles. The van der Waals surface area contributed by atoms with Gasteiger partial charge in [-0.3, -0.25) is 4.79 Å². The number of amidine groups is 1. The second kappa shape index (κ2) is 8.13. The van der Waals surface area contributed by atoms with Crippen molar-refractivity contribution < 1.29 is 4.79 Å². The van der Waals surface area contributed by atoms with E-state index in [1.807, 2.05) is 70.3 Å². The van der Waals surface area contributed by atoms with E-state index in [0.29, 0.717) is 15.1 Å². The number of carbonyl (C=O) groups is 1. The second-order valence-electron chi connectivity index (χ2n) is 7.22. The van der Waals surface area contributed by atoms with Gasteiger partial charge in [-0.05, 0) is 86.5 Å². The summed E-state index contributed by atoms with van der Waals surface area (Å²) in [6, 6.07) is 11.7. The third-order valence-electron chi connectivity index (χ3n) is 4.99. The van der Waals surface area contributed by atoms with E-state index in [0.717, 1.165) is 39.6 Å². The number of hydrogen-bond donors (Lipinski definition) is 1. The van der Waals surface area contributed by atoms with Gasteiger partial charge in [0.15, 0.2) is 5.17 Å². The average molecular weight is 437 g/mol. The molecule has 0 radical (unpaired) electrons. The van der Waals surface area contributed by atoms with Gasteiger partial charge in [-0.25, -0.2) is 9.98 Å². The quantitative estimate of drug-likeness (QED) is 0.539. The third kappa shape index (κ3) is 3.93. The molecule has 1 fully saturated rings. The maximum Gasteiger partial charge on any atom is 0.264 e. The van der Waals surface area contributed by atoms with Crippen LogP contribution in [0, 0.1) is 27.7 Å². The van der Waals surface area contributed by atoms with Crippen molar-refractivity contribution in [2.45, 2.75) is 27.7 Å². The molecule has 0 unspecified atom stereocenters. The van der Waals surface area contributed by atoms with E-state index in [1.54, 1.807) is 0 Å². The monoisotopic (exact) mass is 436 g/mol. The first kappa shape index (κ1) is 20.4. The summed E-state index contributed by atoms with van der Waals surface area (Å²) in [7, 11) is 0. The molecule has 152 valence electrons. The average Bonchev–Trinajstić information content (AvgIpc) is 3.19. The predicted octanol–water partition coefficient (Wildman–Crippen LogP) is 5.65. The summed E-state index contributed by atoms with van der Waals surface area (Å²) >= 11 is 7.50. The van der Waals surface area contributed by atoms with Gasteiger partial charge in [0, 0.05) is 22.6 Å².